The summed E-state index contributed by atoms with van der Waals surface area (Å²) < 4.78 is 29.0. The van der Waals surface area contributed by atoms with E-state index in [1.54, 1.807) is 0 Å². The molecule has 2 saturated carbocycles. The molecule has 0 unspecified atom stereocenters. The number of carbonyl (C=O) groups is 1. The summed E-state index contributed by atoms with van der Waals surface area (Å²) >= 11 is 0. The number of amides is 2. The molecule has 1 aromatic heterocycles. The summed E-state index contributed by atoms with van der Waals surface area (Å²) in [5.74, 6) is -0.823. The number of hydrogen-bond donors (Lipinski definition) is 2. The Morgan fingerprint density at radius 3 is 2.60 bits per heavy atom. The van der Waals surface area contributed by atoms with Crippen LogP contribution in [-0.2, 0) is 5.41 Å². The largest absolute Gasteiger partial charge is 0.394 e. The number of benzene rings is 1. The minimum absolute atomic E-state index is 0.0252. The lowest BCUT2D eigenvalue weighted by Gasteiger charge is -2.48. The van der Waals surface area contributed by atoms with Crippen LogP contribution in [0.25, 0.3) is 11.3 Å². The summed E-state index contributed by atoms with van der Waals surface area (Å²) in [7, 11) is 0. The lowest BCUT2D eigenvalue weighted by molar-refractivity contribution is 0.0661. The van der Waals surface area contributed by atoms with Gasteiger partial charge in [0.15, 0.2) is 0 Å². The van der Waals surface area contributed by atoms with Gasteiger partial charge in [-0.05, 0) is 79.5 Å². The van der Waals surface area contributed by atoms with Gasteiger partial charge < -0.3 is 15.3 Å². The second-order valence-corrected chi connectivity index (χ2v) is 11.6. The first-order valence-electron chi connectivity index (χ1n) is 12.7. The van der Waals surface area contributed by atoms with Gasteiger partial charge >= 0.3 is 6.03 Å². The van der Waals surface area contributed by atoms with Crippen LogP contribution >= 0.6 is 0 Å². The van der Waals surface area contributed by atoms with E-state index in [-0.39, 0.29) is 46.6 Å². The first-order chi connectivity index (χ1) is 16.7. The van der Waals surface area contributed by atoms with E-state index in [4.69, 9.17) is 0 Å². The Labute approximate surface area is 204 Å². The van der Waals surface area contributed by atoms with Crippen molar-refractivity contribution < 1.29 is 18.7 Å². The zero-order valence-electron chi connectivity index (χ0n) is 20.3. The van der Waals surface area contributed by atoms with Gasteiger partial charge in [-0.25, -0.2) is 13.6 Å². The Balaban J connectivity index is 1.35. The van der Waals surface area contributed by atoms with Gasteiger partial charge in [-0.15, -0.1) is 0 Å². The van der Waals surface area contributed by atoms with E-state index in [0.29, 0.717) is 13.1 Å². The van der Waals surface area contributed by atoms with E-state index in [1.165, 1.54) is 18.2 Å². The van der Waals surface area contributed by atoms with Crippen molar-refractivity contribution in [2.75, 3.05) is 19.7 Å². The normalized spacial score (nSPS) is 29.7. The van der Waals surface area contributed by atoms with E-state index in [2.05, 4.69) is 29.4 Å². The molecule has 2 amide bonds. The SMILES string of the molecule is CC1(C)[C@H]2CC[C@]1([C@H]1CCCN(C(=O)NC3(CO)CC3)C1)c1nnc(-c3c(F)cccc3F)cc12. The van der Waals surface area contributed by atoms with E-state index in [9.17, 15) is 18.7 Å². The summed E-state index contributed by atoms with van der Waals surface area (Å²) in [5, 5.41) is 21.7. The fraction of sp³-hybridized carbons (Fsp3) is 0.593. The van der Waals surface area contributed by atoms with Crippen LogP contribution in [0, 0.1) is 23.0 Å². The first kappa shape index (κ1) is 22.8. The molecule has 35 heavy (non-hydrogen) atoms. The van der Waals surface area contributed by atoms with Crippen LogP contribution in [0.1, 0.15) is 69.5 Å². The van der Waals surface area contributed by atoms with Crippen molar-refractivity contribution in [3.8, 4) is 11.3 Å². The Morgan fingerprint density at radius 1 is 1.17 bits per heavy atom. The molecule has 2 aromatic rings. The number of aliphatic hydroxyl groups excluding tert-OH is 1. The first-order valence-corrected chi connectivity index (χ1v) is 12.7. The molecule has 6 rings (SSSR count). The van der Waals surface area contributed by atoms with E-state index in [1.807, 2.05) is 11.0 Å². The van der Waals surface area contributed by atoms with Crippen LogP contribution in [-0.4, -0.2) is 51.5 Å². The molecule has 186 valence electrons. The summed E-state index contributed by atoms with van der Waals surface area (Å²) in [4.78, 5) is 15.0. The quantitative estimate of drug-likeness (QED) is 0.672. The van der Waals surface area contributed by atoms with Crippen LogP contribution in [0.15, 0.2) is 24.3 Å². The van der Waals surface area contributed by atoms with E-state index < -0.39 is 17.2 Å². The molecule has 3 atom stereocenters. The molecule has 6 nitrogen and oxygen atoms in total. The number of hydrogen-bond acceptors (Lipinski definition) is 4. The fourth-order valence-electron chi connectivity index (χ4n) is 7.48. The average molecular weight is 483 g/mol. The molecular weight excluding hydrogens is 450 g/mol. The Kier molecular flexibility index (Phi) is 5.02. The highest BCUT2D eigenvalue weighted by Gasteiger charge is 2.66. The molecule has 3 aliphatic carbocycles. The number of aliphatic hydroxyl groups is 1. The number of piperidine rings is 1. The summed E-state index contributed by atoms with van der Waals surface area (Å²) in [5.41, 5.74) is 1.32. The van der Waals surface area contributed by atoms with Crippen LogP contribution in [0.5, 0.6) is 0 Å². The standard InChI is InChI=1S/C27H32F2N4O2/c1-25(2)18-8-9-27(25,16-5-4-12-33(14-16)24(35)30-26(15-34)10-11-26)23-17(18)13-21(31-32-23)22-19(28)6-3-7-20(22)29/h3,6-7,13,16,18,34H,4-5,8-12,14-15H2,1-2H3,(H,30,35)/t16-,18-,27-/m0/s1. The van der Waals surface area contributed by atoms with Crippen molar-refractivity contribution in [3.05, 3.63) is 47.2 Å². The van der Waals surface area contributed by atoms with Gasteiger partial charge in [-0.1, -0.05) is 19.9 Å². The van der Waals surface area contributed by atoms with Crippen LogP contribution in [0.4, 0.5) is 13.6 Å². The van der Waals surface area contributed by atoms with Crippen molar-refractivity contribution in [1.29, 1.82) is 0 Å². The van der Waals surface area contributed by atoms with Gasteiger partial charge in [0.1, 0.15) is 11.6 Å². The third-order valence-electron chi connectivity index (χ3n) is 9.62. The van der Waals surface area contributed by atoms with Gasteiger partial charge in [0, 0.05) is 18.5 Å². The topological polar surface area (TPSA) is 78.4 Å². The molecule has 8 heteroatoms. The summed E-state index contributed by atoms with van der Waals surface area (Å²) in [6.45, 7) is 5.87. The van der Waals surface area contributed by atoms with Gasteiger partial charge in [-0.2, -0.15) is 10.2 Å². The molecule has 3 fully saturated rings. The Bertz CT molecular complexity index is 1180. The van der Waals surface area contributed by atoms with Crippen molar-refractivity contribution >= 4 is 6.03 Å². The minimum atomic E-state index is -0.637. The maximum atomic E-state index is 14.5. The average Bonchev–Trinajstić information content (AvgIpc) is 3.52. The van der Waals surface area contributed by atoms with Crippen molar-refractivity contribution in [2.24, 2.45) is 11.3 Å². The summed E-state index contributed by atoms with van der Waals surface area (Å²) in [6, 6.07) is 5.60. The molecule has 2 heterocycles. The molecule has 4 aliphatic rings. The van der Waals surface area contributed by atoms with Gasteiger partial charge in [0.05, 0.1) is 29.1 Å². The third kappa shape index (κ3) is 3.18. The van der Waals surface area contributed by atoms with Crippen LogP contribution in [0.2, 0.25) is 0 Å². The molecule has 0 radical (unpaired) electrons. The second-order valence-electron chi connectivity index (χ2n) is 11.6. The van der Waals surface area contributed by atoms with Crippen LogP contribution in [0.3, 0.4) is 0 Å². The number of halogens is 2. The molecule has 2 bridgehead atoms. The zero-order chi connectivity index (χ0) is 24.6. The second kappa shape index (κ2) is 7.69. The predicted octanol–water partition coefficient (Wildman–Crippen LogP) is 4.52. The number of nitrogens with one attached hydrogen (secondary N) is 1. The van der Waals surface area contributed by atoms with Crippen molar-refractivity contribution in [1.82, 2.24) is 20.4 Å². The number of likely N-dealkylation sites (tertiary alicyclic amines) is 1. The summed E-state index contributed by atoms with van der Waals surface area (Å²) in [6.07, 6.45) is 5.50. The molecule has 1 aliphatic heterocycles. The monoisotopic (exact) mass is 482 g/mol. The number of urea groups is 1. The van der Waals surface area contributed by atoms with Crippen molar-refractivity contribution in [3.63, 3.8) is 0 Å². The van der Waals surface area contributed by atoms with E-state index >= 15 is 0 Å². The van der Waals surface area contributed by atoms with Gasteiger partial charge in [-0.3, -0.25) is 0 Å². The van der Waals surface area contributed by atoms with E-state index in [0.717, 1.165) is 49.8 Å². The number of nitrogens with zero attached hydrogens (tertiary/aromatic N) is 3. The molecule has 1 aromatic carbocycles. The zero-order valence-corrected chi connectivity index (χ0v) is 20.3. The highest BCUT2D eigenvalue weighted by molar-refractivity contribution is 5.76. The minimum Gasteiger partial charge on any atom is -0.394 e. The fourth-order valence-corrected chi connectivity index (χ4v) is 7.48. The number of rotatable bonds is 4. The lowest BCUT2D eigenvalue weighted by atomic mass is 9.59. The third-order valence-corrected chi connectivity index (χ3v) is 9.62. The Morgan fingerprint density at radius 2 is 1.91 bits per heavy atom. The highest BCUT2D eigenvalue weighted by Crippen LogP contribution is 2.70. The lowest BCUT2D eigenvalue weighted by Crippen LogP contribution is -2.55. The van der Waals surface area contributed by atoms with Gasteiger partial charge in [0.25, 0.3) is 0 Å². The number of carbonyl (C=O) groups excluding carboxylic acids is 1. The molecule has 1 saturated heterocycles. The number of fused-ring (bicyclic) bond motifs is 5. The number of aromatic nitrogens is 2. The molecule has 2 N–H and O–H groups in total. The molecular formula is C27H32F2N4O2. The van der Waals surface area contributed by atoms with Crippen LogP contribution < -0.4 is 5.32 Å². The predicted molar refractivity (Wildman–Crippen MR) is 127 cm³/mol. The smallest absolute Gasteiger partial charge is 0.317 e. The maximum absolute atomic E-state index is 14.5. The maximum Gasteiger partial charge on any atom is 0.317 e. The molecule has 0 spiro atoms. The van der Waals surface area contributed by atoms with Gasteiger partial charge in [0.2, 0.25) is 0 Å². The highest BCUT2D eigenvalue weighted by atomic mass is 19.1. The Hall–Kier alpha value is -2.61. The van der Waals surface area contributed by atoms with Crippen molar-refractivity contribution in [2.45, 2.75) is 69.2 Å².